The molecule has 1 aromatic rings. The minimum absolute atomic E-state index is 0. The number of halogens is 1. The first kappa shape index (κ1) is 21.5. The summed E-state index contributed by atoms with van der Waals surface area (Å²) < 4.78 is 1.94. The standard InChI is InChI=1S/C19H34N6.HI/c1-5-20-19(21-12-18-14(2)23-24(4)15(18)3)22-16-10-11-25(13-16)17-8-6-7-9-17;/h16-17H,5-13H2,1-4H3,(H2,20,21,22);1H. The molecule has 1 saturated heterocycles. The minimum Gasteiger partial charge on any atom is -0.357 e. The second-order valence-electron chi connectivity index (χ2n) is 7.53. The van der Waals surface area contributed by atoms with Crippen molar-refractivity contribution in [2.45, 2.75) is 71.5 Å². The third-order valence-corrected chi connectivity index (χ3v) is 5.80. The predicted molar refractivity (Wildman–Crippen MR) is 118 cm³/mol. The first-order valence-electron chi connectivity index (χ1n) is 9.86. The van der Waals surface area contributed by atoms with Gasteiger partial charge >= 0.3 is 0 Å². The van der Waals surface area contributed by atoms with E-state index in [1.54, 1.807) is 0 Å². The molecule has 1 aliphatic heterocycles. The smallest absolute Gasteiger partial charge is 0.191 e. The van der Waals surface area contributed by atoms with Gasteiger partial charge in [-0.25, -0.2) is 4.99 Å². The molecule has 148 valence electrons. The van der Waals surface area contributed by atoms with Crippen molar-refractivity contribution in [1.29, 1.82) is 0 Å². The summed E-state index contributed by atoms with van der Waals surface area (Å²) in [5.74, 6) is 0.934. The van der Waals surface area contributed by atoms with E-state index in [1.165, 1.54) is 49.9 Å². The lowest BCUT2D eigenvalue weighted by Crippen LogP contribution is -2.45. The fourth-order valence-corrected chi connectivity index (χ4v) is 4.22. The zero-order chi connectivity index (χ0) is 17.8. The summed E-state index contributed by atoms with van der Waals surface area (Å²) in [5.41, 5.74) is 3.51. The fraction of sp³-hybridized carbons (Fsp3) is 0.789. The van der Waals surface area contributed by atoms with Gasteiger partial charge in [0.2, 0.25) is 0 Å². The lowest BCUT2D eigenvalue weighted by Gasteiger charge is -2.24. The van der Waals surface area contributed by atoms with Crippen LogP contribution < -0.4 is 10.6 Å². The number of likely N-dealkylation sites (tertiary alicyclic amines) is 1. The Bertz CT molecular complexity index is 605. The van der Waals surface area contributed by atoms with Gasteiger partial charge in [-0.2, -0.15) is 5.10 Å². The number of hydrogen-bond acceptors (Lipinski definition) is 3. The number of aryl methyl sites for hydroxylation is 2. The number of rotatable bonds is 5. The Morgan fingerprint density at radius 2 is 1.96 bits per heavy atom. The molecular weight excluding hydrogens is 439 g/mol. The largest absolute Gasteiger partial charge is 0.357 e. The second-order valence-corrected chi connectivity index (χ2v) is 7.53. The quantitative estimate of drug-likeness (QED) is 0.392. The average molecular weight is 474 g/mol. The highest BCUT2D eigenvalue weighted by atomic mass is 127. The van der Waals surface area contributed by atoms with Gasteiger partial charge in [0, 0.05) is 50.0 Å². The van der Waals surface area contributed by atoms with Crippen molar-refractivity contribution in [3.05, 3.63) is 17.0 Å². The maximum Gasteiger partial charge on any atom is 0.191 e. The van der Waals surface area contributed by atoms with Crippen molar-refractivity contribution in [3.63, 3.8) is 0 Å². The zero-order valence-electron chi connectivity index (χ0n) is 16.7. The van der Waals surface area contributed by atoms with Crippen molar-refractivity contribution in [2.75, 3.05) is 19.6 Å². The topological polar surface area (TPSA) is 57.5 Å². The van der Waals surface area contributed by atoms with Crippen LogP contribution in [0.5, 0.6) is 0 Å². The summed E-state index contributed by atoms with van der Waals surface area (Å²) in [7, 11) is 2.00. The van der Waals surface area contributed by atoms with Gasteiger partial charge in [0.05, 0.1) is 12.2 Å². The van der Waals surface area contributed by atoms with Crippen LogP contribution in [0.1, 0.15) is 56.0 Å². The van der Waals surface area contributed by atoms with Crippen molar-refractivity contribution in [1.82, 2.24) is 25.3 Å². The number of nitrogens with one attached hydrogen (secondary N) is 2. The van der Waals surface area contributed by atoms with Gasteiger partial charge < -0.3 is 10.6 Å². The van der Waals surface area contributed by atoms with Crippen molar-refractivity contribution in [2.24, 2.45) is 12.0 Å². The van der Waals surface area contributed by atoms with Gasteiger partial charge in [-0.1, -0.05) is 12.8 Å². The van der Waals surface area contributed by atoms with E-state index in [1.807, 2.05) is 11.7 Å². The summed E-state index contributed by atoms with van der Waals surface area (Å²) in [6.45, 7) is 10.2. The molecule has 7 heteroatoms. The predicted octanol–water partition coefficient (Wildman–Crippen LogP) is 2.73. The summed E-state index contributed by atoms with van der Waals surface area (Å²) >= 11 is 0. The molecule has 6 nitrogen and oxygen atoms in total. The Morgan fingerprint density at radius 3 is 2.58 bits per heavy atom. The lowest BCUT2D eigenvalue weighted by atomic mass is 10.2. The van der Waals surface area contributed by atoms with Crippen LogP contribution in [0.25, 0.3) is 0 Å². The van der Waals surface area contributed by atoms with Crippen LogP contribution in [0, 0.1) is 13.8 Å². The van der Waals surface area contributed by atoms with Crippen LogP contribution >= 0.6 is 24.0 Å². The molecular formula is C19H35IN6. The molecule has 2 N–H and O–H groups in total. The number of aliphatic imine (C=N–C) groups is 1. The Morgan fingerprint density at radius 1 is 1.23 bits per heavy atom. The minimum atomic E-state index is 0. The van der Waals surface area contributed by atoms with Gasteiger partial charge in [-0.3, -0.25) is 9.58 Å². The molecule has 0 aromatic carbocycles. The van der Waals surface area contributed by atoms with Crippen molar-refractivity contribution < 1.29 is 0 Å². The number of hydrogen-bond donors (Lipinski definition) is 2. The van der Waals surface area contributed by atoms with Crippen LogP contribution in [0.2, 0.25) is 0 Å². The summed E-state index contributed by atoms with van der Waals surface area (Å²) in [4.78, 5) is 7.51. The molecule has 2 heterocycles. The summed E-state index contributed by atoms with van der Waals surface area (Å²) in [6, 6.07) is 1.33. The first-order chi connectivity index (χ1) is 12.1. The van der Waals surface area contributed by atoms with Crippen LogP contribution in [-0.2, 0) is 13.6 Å². The van der Waals surface area contributed by atoms with E-state index < -0.39 is 0 Å². The molecule has 0 amide bonds. The number of nitrogens with zero attached hydrogens (tertiary/aromatic N) is 4. The van der Waals surface area contributed by atoms with E-state index in [0.29, 0.717) is 12.6 Å². The van der Waals surface area contributed by atoms with Crippen LogP contribution in [0.3, 0.4) is 0 Å². The van der Waals surface area contributed by atoms with Gasteiger partial charge in [0.15, 0.2) is 5.96 Å². The highest BCUT2D eigenvalue weighted by Crippen LogP contribution is 2.26. The average Bonchev–Trinajstić information content (AvgIpc) is 3.29. The molecule has 1 aromatic heterocycles. The van der Waals surface area contributed by atoms with Crippen molar-refractivity contribution >= 4 is 29.9 Å². The maximum absolute atomic E-state index is 4.83. The Kier molecular flexibility index (Phi) is 8.19. The van der Waals surface area contributed by atoms with E-state index in [9.17, 15) is 0 Å². The Labute approximate surface area is 175 Å². The van der Waals surface area contributed by atoms with E-state index in [4.69, 9.17) is 4.99 Å². The Balaban J connectivity index is 0.00000243. The molecule has 0 radical (unpaired) electrons. The third-order valence-electron chi connectivity index (χ3n) is 5.80. The molecule has 0 spiro atoms. The van der Waals surface area contributed by atoms with E-state index in [-0.39, 0.29) is 24.0 Å². The number of guanidine groups is 1. The molecule has 0 bridgehead atoms. The van der Waals surface area contributed by atoms with Crippen LogP contribution in [-0.4, -0.2) is 52.4 Å². The van der Waals surface area contributed by atoms with E-state index in [0.717, 1.165) is 30.8 Å². The second kappa shape index (κ2) is 9.92. The highest BCUT2D eigenvalue weighted by molar-refractivity contribution is 14.0. The Hall–Kier alpha value is -0.830. The van der Waals surface area contributed by atoms with Gasteiger partial charge in [0.25, 0.3) is 0 Å². The van der Waals surface area contributed by atoms with E-state index >= 15 is 0 Å². The van der Waals surface area contributed by atoms with E-state index in [2.05, 4.69) is 41.4 Å². The summed E-state index contributed by atoms with van der Waals surface area (Å²) in [6.07, 6.45) is 6.81. The highest BCUT2D eigenvalue weighted by Gasteiger charge is 2.30. The molecule has 2 aliphatic rings. The third kappa shape index (κ3) is 5.12. The fourth-order valence-electron chi connectivity index (χ4n) is 4.22. The summed E-state index contributed by atoms with van der Waals surface area (Å²) in [5, 5.41) is 11.6. The normalized spacial score (nSPS) is 21.8. The lowest BCUT2D eigenvalue weighted by molar-refractivity contribution is 0.242. The van der Waals surface area contributed by atoms with Gasteiger partial charge in [-0.05, 0) is 40.0 Å². The van der Waals surface area contributed by atoms with Crippen molar-refractivity contribution in [3.8, 4) is 0 Å². The molecule has 1 atom stereocenters. The molecule has 3 rings (SSSR count). The van der Waals surface area contributed by atoms with Crippen LogP contribution in [0.15, 0.2) is 4.99 Å². The molecule has 1 saturated carbocycles. The SMILES string of the molecule is CCNC(=NCc1c(C)nn(C)c1C)NC1CCN(C2CCCC2)C1.I. The first-order valence-corrected chi connectivity index (χ1v) is 9.86. The molecule has 1 unspecified atom stereocenters. The zero-order valence-corrected chi connectivity index (χ0v) is 19.0. The van der Waals surface area contributed by atoms with Crippen LogP contribution in [0.4, 0.5) is 0 Å². The molecule has 2 fully saturated rings. The van der Waals surface area contributed by atoms with Gasteiger partial charge in [-0.15, -0.1) is 24.0 Å². The number of aromatic nitrogens is 2. The maximum atomic E-state index is 4.83. The molecule has 1 aliphatic carbocycles. The van der Waals surface area contributed by atoms with Gasteiger partial charge in [0.1, 0.15) is 0 Å². The monoisotopic (exact) mass is 474 g/mol. The molecule has 26 heavy (non-hydrogen) atoms.